The highest BCUT2D eigenvalue weighted by molar-refractivity contribution is 6.37. The second-order valence-electron chi connectivity index (χ2n) is 36.1. The molecule has 143 heavy (non-hydrogen) atoms. The van der Waals surface area contributed by atoms with Gasteiger partial charge in [0.2, 0.25) is 5.91 Å². The quantitative estimate of drug-likeness (QED) is 0.111. The van der Waals surface area contributed by atoms with Crippen LogP contribution in [0.25, 0.3) is 55.7 Å². The first-order valence-corrected chi connectivity index (χ1v) is 49.1. The molecule has 30 heteroatoms. The van der Waals surface area contributed by atoms with Gasteiger partial charge in [-0.15, -0.1) is 0 Å². The number of rotatable bonds is 12. The van der Waals surface area contributed by atoms with E-state index < -0.39 is 0 Å². The predicted molar refractivity (Wildman–Crippen MR) is 602 cm³/mol. The summed E-state index contributed by atoms with van der Waals surface area (Å²) < 4.78 is 0. The molecule has 10 aromatic rings. The van der Waals surface area contributed by atoms with Crippen molar-refractivity contribution in [2.45, 2.75) is 210 Å². The summed E-state index contributed by atoms with van der Waals surface area (Å²) in [5.74, 6) is 1.62. The van der Waals surface area contributed by atoms with E-state index in [0.29, 0.717) is 30.9 Å². The third-order valence-corrected chi connectivity index (χ3v) is 24.7. The lowest BCUT2D eigenvalue weighted by atomic mass is 10.0. The van der Waals surface area contributed by atoms with E-state index in [0.717, 1.165) is 251 Å². The van der Waals surface area contributed by atoms with E-state index >= 15 is 0 Å². The zero-order valence-electron chi connectivity index (χ0n) is 85.5. The highest BCUT2D eigenvalue weighted by atomic mass is 35.5. The number of carbonyl (C=O) groups excluding carboxylic acids is 1. The Morgan fingerprint density at radius 2 is 0.741 bits per heavy atom. The molecule has 24 nitrogen and oxygen atoms in total. The molecule has 0 saturated carbocycles. The first-order chi connectivity index (χ1) is 68.1. The molecule has 10 aliphatic heterocycles. The summed E-state index contributed by atoms with van der Waals surface area (Å²) in [5.41, 5.74) is 43.1. The number of aliphatic imine (C=N–C) groups is 10. The van der Waals surface area contributed by atoms with Crippen molar-refractivity contribution in [2.75, 3.05) is 24.3 Å². The Hall–Kier alpha value is -13.5. The Bertz CT molecular complexity index is 6640. The fourth-order valence-electron chi connectivity index (χ4n) is 15.8. The fraction of sp³-hybridized carbons (Fsp3) is 0.292. The Morgan fingerprint density at radius 3 is 1.15 bits per heavy atom. The molecule has 736 valence electrons. The Labute approximate surface area is 870 Å². The average Bonchev–Trinajstić information content (AvgIpc) is 1.65. The number of benzene rings is 1. The number of carbonyl (C=O) groups is 1. The molecule has 9 aromatic heterocycles. The summed E-state index contributed by atoms with van der Waals surface area (Å²) in [5, 5.41) is 14.3. The van der Waals surface area contributed by atoms with Gasteiger partial charge in [0.25, 0.3) is 0 Å². The van der Waals surface area contributed by atoms with Crippen molar-refractivity contribution in [2.24, 2.45) is 49.9 Å². The predicted octanol–water partition coefficient (Wildman–Crippen LogP) is 28.9. The Kier molecular flexibility index (Phi) is 40.4. The van der Waals surface area contributed by atoms with Gasteiger partial charge in [-0.2, -0.15) is 10.2 Å². The van der Waals surface area contributed by atoms with Crippen LogP contribution in [0, 0.1) is 55.4 Å². The van der Waals surface area contributed by atoms with Crippen molar-refractivity contribution in [3.05, 3.63) is 333 Å². The molecule has 0 aliphatic carbocycles. The maximum atomic E-state index is 11.0. The number of anilines is 2. The minimum atomic E-state index is -0.0823. The summed E-state index contributed by atoms with van der Waals surface area (Å²) in [4.78, 5) is 94.0. The van der Waals surface area contributed by atoms with Crippen molar-refractivity contribution in [1.82, 2.24) is 55.1 Å². The Balaban J connectivity index is 0.000000152. The van der Waals surface area contributed by atoms with Gasteiger partial charge >= 0.3 is 0 Å². The first-order valence-electron chi connectivity index (χ1n) is 46.9. The molecule has 1 aromatic carbocycles. The van der Waals surface area contributed by atoms with Crippen LogP contribution in [0.4, 0.5) is 11.5 Å². The van der Waals surface area contributed by atoms with Crippen LogP contribution in [0.5, 0.6) is 0 Å². The van der Waals surface area contributed by atoms with E-state index in [9.17, 15) is 4.79 Å². The number of allylic oxidation sites excluding steroid dienone is 12. The first kappa shape index (κ1) is 110. The van der Waals surface area contributed by atoms with Crippen molar-refractivity contribution >= 4 is 200 Å². The third-order valence-electron chi connectivity index (χ3n) is 22.8. The molecule has 1 amide bonds. The van der Waals surface area contributed by atoms with Crippen LogP contribution in [0.2, 0.25) is 0 Å². The second-order valence-corrected chi connectivity index (χ2v) is 38.2. The monoisotopic (exact) mass is 2030 g/mol. The second kappa shape index (κ2) is 52.5. The normalized spacial score (nSPS) is 15.8. The van der Waals surface area contributed by atoms with Crippen molar-refractivity contribution in [3.63, 3.8) is 0 Å². The average molecular weight is 2030 g/mol. The highest BCUT2D eigenvalue weighted by Crippen LogP contribution is 2.39. The molecule has 1 N–H and O–H groups in total. The molecule has 0 fully saturated rings. The smallest absolute Gasteiger partial charge is 0.221 e. The van der Waals surface area contributed by atoms with E-state index in [4.69, 9.17) is 69.6 Å². The molecule has 0 bridgehead atoms. The number of aromatic nitrogens is 11. The Morgan fingerprint density at radius 1 is 0.308 bits per heavy atom. The van der Waals surface area contributed by atoms with Gasteiger partial charge in [-0.3, -0.25) is 54.7 Å². The number of nitrogens with zero attached hydrogens (tertiary/aromatic N) is 22. The van der Waals surface area contributed by atoms with Crippen LogP contribution >= 0.6 is 69.6 Å². The molecule has 0 spiro atoms. The van der Waals surface area contributed by atoms with Gasteiger partial charge in [0.05, 0.1) is 28.5 Å². The number of amides is 1. The molecule has 19 heterocycles. The minimum absolute atomic E-state index is 0.0823. The maximum Gasteiger partial charge on any atom is 0.221 e. The maximum absolute atomic E-state index is 11.0. The van der Waals surface area contributed by atoms with Gasteiger partial charge in [-0.25, -0.2) is 44.9 Å². The molecule has 0 atom stereocenters. The molecule has 0 radical (unpaired) electrons. The van der Waals surface area contributed by atoms with E-state index in [1.54, 1.807) is 12.4 Å². The number of hydrogen-bond donors (Lipinski definition) is 1. The number of pyridine rings is 7. The van der Waals surface area contributed by atoms with Crippen LogP contribution in [0.15, 0.2) is 282 Å². The van der Waals surface area contributed by atoms with Crippen LogP contribution in [-0.2, 0) is 4.79 Å². The fourth-order valence-corrected chi connectivity index (χ4v) is 17.7. The van der Waals surface area contributed by atoms with Gasteiger partial charge in [0.15, 0.2) is 0 Å². The summed E-state index contributed by atoms with van der Waals surface area (Å²) in [6, 6.07) is 41.9. The van der Waals surface area contributed by atoms with Gasteiger partial charge in [0.1, 0.15) is 42.6 Å². The van der Waals surface area contributed by atoms with Crippen LogP contribution in [0.1, 0.15) is 256 Å². The van der Waals surface area contributed by atoms with Gasteiger partial charge in [-0.05, 0) is 268 Å². The SMILES string of the molecule is CC(=O)Nc1cccc(C2=C(Cl)N=C(C)C2)c1.CC1=NC(C)=C(c2ccc(C)cn2)C1.CC1=NC(C)=C(c2ccc(C)nc2)C1.CC1=NC(Cl)=C(c2cc(C)nc(C)c2)C1.CC1=NC(Cl)=C(c2ccc(C)nn2)C1.CC1=NC(Cl)=C(c2ccc(N(C)C)nc2)C1.CC1=NC(Cl)=C(c2cnc(C)cc2C)C1.CC1=NC(Cl)=C(c2cnc(C)nc2)C1.CC1=NC=C(c2ccccn2)C1.CC1=NC=C(c2ccccn2)C1. The molecule has 10 aliphatic rings. The zero-order chi connectivity index (χ0) is 103. The summed E-state index contributed by atoms with van der Waals surface area (Å²) >= 11 is 36.3. The van der Waals surface area contributed by atoms with E-state index in [2.05, 4.69) is 181 Å². The highest BCUT2D eigenvalue weighted by Gasteiger charge is 2.24. The molecular weight excluding hydrogens is 1910 g/mol. The van der Waals surface area contributed by atoms with Crippen molar-refractivity contribution in [3.8, 4) is 0 Å². The lowest BCUT2D eigenvalue weighted by molar-refractivity contribution is -0.114. The van der Waals surface area contributed by atoms with Crippen molar-refractivity contribution in [1.29, 1.82) is 0 Å². The standard InChI is InChI=1S/C13H13ClN2O.C12H14ClN3.2C12H13ClN2.2C12H14N2.2C10H10ClN3.2C10H10N2/c1-8-6-12(13(14)15-8)10-4-3-5-11(7-10)16-9(2)17;1-8-6-10(12(13)15-8)9-4-5-11(14-7-9)16(2)3;1-7-4-10(5-8(2)14-7)11-6-9(3)15-12(11)13;1-7-4-8(2)14-6-11(7)10-5-9(3)15-12(10)13;1-8-4-5-11(7-13-8)12-6-9(2)14-10(12)3;1-8-4-5-12(13-7-8)11-6-9(2)14-10(11)3;1-6-3-9(10(11)14-6)8-4-12-7(2)13-5-8;1-6-3-4-9(14-13-6)8-5-7(2)12-10(8)11;2*1-8-6-9(7-12-8)10-4-2-3-5-11-10/h3-5,7H,6H2,1-2H3,(H,16,17);4-5,7H,6H2,1-3H3;4-5H,6H2,1-3H3;4,6H,5H2,1-3H3;2*4-5,7H,6H2,1-3H3;4-5H,3H2,1-2H3;3-4H,5H2,1-2H3;2*2-5,7H,6H2,1H3. The third kappa shape index (κ3) is 33.1. The van der Waals surface area contributed by atoms with Crippen LogP contribution in [-0.4, -0.2) is 132 Å². The largest absolute Gasteiger partial charge is 0.363 e. The number of hydrogen-bond acceptors (Lipinski definition) is 23. The lowest BCUT2D eigenvalue weighted by Crippen LogP contribution is -2.10. The van der Waals surface area contributed by atoms with Gasteiger partial charge in [0, 0.05) is 305 Å². The zero-order valence-corrected chi connectivity index (χ0v) is 90.0. The molecule has 0 saturated heterocycles. The number of aryl methyl sites for hydroxylation is 8. The molecule has 0 unspecified atom stereocenters. The summed E-state index contributed by atoms with van der Waals surface area (Å²) in [6.45, 7) is 41.5. The summed E-state index contributed by atoms with van der Waals surface area (Å²) in [7, 11) is 3.94. The van der Waals surface area contributed by atoms with E-state index in [1.807, 2.05) is 263 Å². The lowest BCUT2D eigenvalue weighted by Gasteiger charge is -2.11. The van der Waals surface area contributed by atoms with Crippen molar-refractivity contribution < 1.29 is 4.79 Å². The van der Waals surface area contributed by atoms with Crippen LogP contribution in [0.3, 0.4) is 0 Å². The van der Waals surface area contributed by atoms with E-state index in [1.165, 1.54) is 57.3 Å². The summed E-state index contributed by atoms with van der Waals surface area (Å²) in [6.07, 6.45) is 27.2. The number of nitrogens with one attached hydrogen (secondary N) is 1. The minimum Gasteiger partial charge on any atom is -0.363 e. The van der Waals surface area contributed by atoms with E-state index in [-0.39, 0.29) is 5.91 Å². The molecule has 20 rings (SSSR count). The van der Waals surface area contributed by atoms with Gasteiger partial charge in [-0.1, -0.05) is 106 Å². The van der Waals surface area contributed by atoms with Gasteiger partial charge < -0.3 is 10.2 Å². The topological polar surface area (TPSA) is 298 Å². The number of halogens is 6. The van der Waals surface area contributed by atoms with Crippen LogP contribution < -0.4 is 10.2 Å². The molecular formula is C113H121Cl6N23O.